The zero-order chi connectivity index (χ0) is 11.7. The fraction of sp³-hybridized carbons (Fsp3) is 0.571. The molecule has 3 rings (SSSR count). The van der Waals surface area contributed by atoms with Crippen molar-refractivity contribution in [2.45, 2.75) is 31.7 Å². The number of rotatable bonds is 2. The largest absolute Gasteiger partial charge is 0.486 e. The van der Waals surface area contributed by atoms with Crippen molar-refractivity contribution in [1.82, 2.24) is 0 Å². The zero-order valence-electron chi connectivity index (χ0n) is 10.4. The van der Waals surface area contributed by atoms with Gasteiger partial charge in [0.1, 0.15) is 13.2 Å². The summed E-state index contributed by atoms with van der Waals surface area (Å²) in [4.78, 5) is 0. The summed E-state index contributed by atoms with van der Waals surface area (Å²) >= 11 is 0. The minimum Gasteiger partial charge on any atom is -0.486 e. The van der Waals surface area contributed by atoms with Crippen LogP contribution in [0.15, 0.2) is 18.2 Å². The van der Waals surface area contributed by atoms with Crippen molar-refractivity contribution in [1.29, 1.82) is 0 Å². The summed E-state index contributed by atoms with van der Waals surface area (Å²) in [6, 6.07) is 6.14. The van der Waals surface area contributed by atoms with Gasteiger partial charge in [0.05, 0.1) is 0 Å². The molecule has 3 nitrogen and oxygen atoms in total. The van der Waals surface area contributed by atoms with Crippen molar-refractivity contribution in [2.75, 3.05) is 13.2 Å². The predicted molar refractivity (Wildman–Crippen MR) is 73.6 cm³/mol. The smallest absolute Gasteiger partial charge is 0.166 e. The van der Waals surface area contributed by atoms with E-state index in [9.17, 15) is 0 Å². The van der Waals surface area contributed by atoms with Gasteiger partial charge in [0, 0.05) is 11.6 Å². The maximum absolute atomic E-state index is 6.39. The van der Waals surface area contributed by atoms with Crippen LogP contribution in [0.5, 0.6) is 11.5 Å². The van der Waals surface area contributed by atoms with Crippen LogP contribution in [0.3, 0.4) is 0 Å². The second-order valence-corrected chi connectivity index (χ2v) is 4.94. The third-order valence-electron chi connectivity index (χ3n) is 3.86. The SMILES string of the molecule is Cl.N[C@H](c1cccc2c1OCCO2)C1CCCC1. The molecular formula is C14H20ClNO2. The van der Waals surface area contributed by atoms with Gasteiger partial charge in [-0.1, -0.05) is 25.0 Å². The van der Waals surface area contributed by atoms with Crippen molar-refractivity contribution in [3.63, 3.8) is 0 Å². The van der Waals surface area contributed by atoms with E-state index in [-0.39, 0.29) is 18.4 Å². The Morgan fingerprint density at radius 2 is 1.83 bits per heavy atom. The second-order valence-electron chi connectivity index (χ2n) is 4.94. The van der Waals surface area contributed by atoms with Crippen LogP contribution in [0.4, 0.5) is 0 Å². The van der Waals surface area contributed by atoms with E-state index in [4.69, 9.17) is 15.2 Å². The van der Waals surface area contributed by atoms with E-state index in [1.807, 2.05) is 12.1 Å². The highest BCUT2D eigenvalue weighted by Gasteiger charge is 2.27. The predicted octanol–water partition coefficient (Wildman–Crippen LogP) is 3.07. The summed E-state index contributed by atoms with van der Waals surface area (Å²) < 4.78 is 11.3. The number of fused-ring (bicyclic) bond motifs is 1. The molecule has 2 aliphatic rings. The Kier molecular flexibility index (Phi) is 4.36. The molecule has 1 saturated carbocycles. The fourth-order valence-electron chi connectivity index (χ4n) is 2.93. The number of ether oxygens (including phenoxy) is 2. The lowest BCUT2D eigenvalue weighted by molar-refractivity contribution is 0.168. The van der Waals surface area contributed by atoms with E-state index in [2.05, 4.69) is 6.07 Å². The second kappa shape index (κ2) is 5.81. The van der Waals surface area contributed by atoms with Crippen molar-refractivity contribution in [2.24, 2.45) is 11.7 Å². The molecule has 1 atom stereocenters. The molecule has 0 amide bonds. The first-order valence-corrected chi connectivity index (χ1v) is 6.50. The summed E-state index contributed by atoms with van der Waals surface area (Å²) in [5, 5.41) is 0. The van der Waals surface area contributed by atoms with Crippen LogP contribution in [-0.2, 0) is 0 Å². The first kappa shape index (κ1) is 13.5. The Bertz CT molecular complexity index is 405. The number of para-hydroxylation sites is 1. The Labute approximate surface area is 114 Å². The molecule has 1 aromatic carbocycles. The van der Waals surface area contributed by atoms with Crippen LogP contribution in [0.1, 0.15) is 37.3 Å². The van der Waals surface area contributed by atoms with Crippen LogP contribution >= 0.6 is 12.4 Å². The average Bonchev–Trinajstić information content (AvgIpc) is 2.91. The maximum atomic E-state index is 6.39. The van der Waals surface area contributed by atoms with Gasteiger partial charge in [-0.25, -0.2) is 0 Å². The fourth-order valence-corrected chi connectivity index (χ4v) is 2.93. The lowest BCUT2D eigenvalue weighted by Gasteiger charge is -2.26. The van der Waals surface area contributed by atoms with Crippen LogP contribution in [-0.4, -0.2) is 13.2 Å². The van der Waals surface area contributed by atoms with Crippen LogP contribution in [0.2, 0.25) is 0 Å². The molecule has 18 heavy (non-hydrogen) atoms. The zero-order valence-corrected chi connectivity index (χ0v) is 11.2. The Hall–Kier alpha value is -0.930. The summed E-state index contributed by atoms with van der Waals surface area (Å²) in [6.07, 6.45) is 5.10. The van der Waals surface area contributed by atoms with Gasteiger partial charge in [-0.15, -0.1) is 12.4 Å². The highest BCUT2D eigenvalue weighted by atomic mass is 35.5. The van der Waals surface area contributed by atoms with Crippen molar-refractivity contribution < 1.29 is 9.47 Å². The number of hydrogen-bond acceptors (Lipinski definition) is 3. The van der Waals surface area contributed by atoms with E-state index in [0.29, 0.717) is 19.1 Å². The van der Waals surface area contributed by atoms with Gasteiger partial charge < -0.3 is 15.2 Å². The van der Waals surface area contributed by atoms with Gasteiger partial charge in [0.25, 0.3) is 0 Å². The molecule has 1 heterocycles. The van der Waals surface area contributed by atoms with Gasteiger partial charge >= 0.3 is 0 Å². The molecular weight excluding hydrogens is 250 g/mol. The van der Waals surface area contributed by atoms with E-state index in [1.54, 1.807) is 0 Å². The van der Waals surface area contributed by atoms with Gasteiger partial charge in [-0.05, 0) is 24.8 Å². The number of hydrogen-bond donors (Lipinski definition) is 1. The number of benzene rings is 1. The van der Waals surface area contributed by atoms with Crippen LogP contribution in [0, 0.1) is 5.92 Å². The van der Waals surface area contributed by atoms with E-state index in [1.165, 1.54) is 25.7 Å². The quantitative estimate of drug-likeness (QED) is 0.897. The minimum absolute atomic E-state index is 0. The number of halogens is 1. The normalized spacial score (nSPS) is 20.3. The van der Waals surface area contributed by atoms with Crippen molar-refractivity contribution in [3.8, 4) is 11.5 Å². The van der Waals surface area contributed by atoms with Crippen LogP contribution < -0.4 is 15.2 Å². The van der Waals surface area contributed by atoms with Crippen LogP contribution in [0.25, 0.3) is 0 Å². The van der Waals surface area contributed by atoms with Gasteiger partial charge in [-0.2, -0.15) is 0 Å². The molecule has 0 spiro atoms. The van der Waals surface area contributed by atoms with Crippen molar-refractivity contribution in [3.05, 3.63) is 23.8 Å². The third kappa shape index (κ3) is 2.43. The highest BCUT2D eigenvalue weighted by Crippen LogP contribution is 2.42. The Balaban J connectivity index is 0.00000120. The van der Waals surface area contributed by atoms with Gasteiger partial charge in [-0.3, -0.25) is 0 Å². The van der Waals surface area contributed by atoms with E-state index >= 15 is 0 Å². The first-order valence-electron chi connectivity index (χ1n) is 6.50. The molecule has 0 aromatic heterocycles. The minimum atomic E-state index is 0. The lowest BCUT2D eigenvalue weighted by atomic mass is 9.91. The molecule has 0 bridgehead atoms. The summed E-state index contributed by atoms with van der Waals surface area (Å²) in [6.45, 7) is 1.26. The lowest BCUT2D eigenvalue weighted by Crippen LogP contribution is -2.23. The molecule has 1 aromatic rings. The van der Waals surface area contributed by atoms with Crippen molar-refractivity contribution >= 4 is 12.4 Å². The standard InChI is InChI=1S/C14H19NO2.ClH/c15-13(10-4-1-2-5-10)11-6-3-7-12-14(11)17-9-8-16-12;/h3,6-7,10,13H,1-2,4-5,8-9,15H2;1H/t13-;/m0./s1. The molecule has 4 heteroatoms. The summed E-state index contributed by atoms with van der Waals surface area (Å²) in [7, 11) is 0. The van der Waals surface area contributed by atoms with E-state index < -0.39 is 0 Å². The monoisotopic (exact) mass is 269 g/mol. The number of nitrogens with two attached hydrogens (primary N) is 1. The summed E-state index contributed by atoms with van der Waals surface area (Å²) in [5.41, 5.74) is 7.51. The molecule has 0 unspecified atom stereocenters. The first-order chi connectivity index (χ1) is 8.36. The molecule has 0 radical (unpaired) electrons. The molecule has 2 N–H and O–H groups in total. The highest BCUT2D eigenvalue weighted by molar-refractivity contribution is 5.85. The molecule has 1 fully saturated rings. The molecule has 100 valence electrons. The van der Waals surface area contributed by atoms with Gasteiger partial charge in [0.2, 0.25) is 0 Å². The average molecular weight is 270 g/mol. The topological polar surface area (TPSA) is 44.5 Å². The molecule has 1 aliphatic carbocycles. The summed E-state index contributed by atoms with van der Waals surface area (Å²) in [5.74, 6) is 2.33. The third-order valence-corrected chi connectivity index (χ3v) is 3.86. The van der Waals surface area contributed by atoms with Gasteiger partial charge in [0.15, 0.2) is 11.5 Å². The maximum Gasteiger partial charge on any atom is 0.166 e. The Morgan fingerprint density at radius 1 is 1.11 bits per heavy atom. The van der Waals surface area contributed by atoms with E-state index in [0.717, 1.165) is 17.1 Å². The molecule has 1 aliphatic heterocycles. The molecule has 0 saturated heterocycles. The Morgan fingerprint density at radius 3 is 2.61 bits per heavy atom.